The highest BCUT2D eigenvalue weighted by atomic mass is 15.1. The van der Waals surface area contributed by atoms with Gasteiger partial charge < -0.3 is 10.2 Å². The van der Waals surface area contributed by atoms with Crippen LogP contribution in [0.1, 0.15) is 11.1 Å². The summed E-state index contributed by atoms with van der Waals surface area (Å²) in [6.45, 7) is 0.652. The van der Waals surface area contributed by atoms with E-state index >= 15 is 0 Å². The Kier molecular flexibility index (Phi) is 3.99. The zero-order chi connectivity index (χ0) is 13.7. The number of nitriles is 1. The zero-order valence-electron chi connectivity index (χ0n) is 11.1. The molecule has 0 unspecified atom stereocenters. The maximum atomic E-state index is 8.98. The van der Waals surface area contributed by atoms with Crippen molar-refractivity contribution in [2.75, 3.05) is 24.3 Å². The van der Waals surface area contributed by atoms with Crippen LogP contribution in [0.4, 0.5) is 11.5 Å². The van der Waals surface area contributed by atoms with Crippen LogP contribution in [0.15, 0.2) is 42.6 Å². The standard InChI is InChI=1S/C15H16N4/c1-19(2)14-7-5-12(6-8-14)11-18-15-13(10-16)4-3-9-17-15/h3-9H,11H2,1-2H3,(H,17,18). The van der Waals surface area contributed by atoms with Crippen molar-refractivity contribution in [1.29, 1.82) is 5.26 Å². The Hall–Kier alpha value is -2.54. The highest BCUT2D eigenvalue weighted by Gasteiger charge is 2.02. The molecule has 2 aromatic rings. The molecule has 2 rings (SSSR count). The molecule has 19 heavy (non-hydrogen) atoms. The minimum Gasteiger partial charge on any atom is -0.378 e. The number of rotatable bonds is 4. The number of pyridine rings is 1. The zero-order valence-corrected chi connectivity index (χ0v) is 11.1. The first-order valence-electron chi connectivity index (χ1n) is 6.06. The van der Waals surface area contributed by atoms with E-state index in [9.17, 15) is 0 Å². The number of hydrogen-bond donors (Lipinski definition) is 1. The molecular formula is C15H16N4. The number of aromatic nitrogens is 1. The Labute approximate surface area is 113 Å². The fourth-order valence-corrected chi connectivity index (χ4v) is 1.73. The first kappa shape index (κ1) is 12.9. The van der Waals surface area contributed by atoms with E-state index in [1.807, 2.05) is 14.1 Å². The average Bonchev–Trinajstić information content (AvgIpc) is 2.45. The minimum absolute atomic E-state index is 0.562. The van der Waals surface area contributed by atoms with Gasteiger partial charge in [0.2, 0.25) is 0 Å². The third-order valence-corrected chi connectivity index (χ3v) is 2.84. The molecule has 0 saturated carbocycles. The van der Waals surface area contributed by atoms with Gasteiger partial charge >= 0.3 is 0 Å². The SMILES string of the molecule is CN(C)c1ccc(CNc2ncccc2C#N)cc1. The van der Waals surface area contributed by atoms with E-state index < -0.39 is 0 Å². The fourth-order valence-electron chi connectivity index (χ4n) is 1.73. The average molecular weight is 252 g/mol. The van der Waals surface area contributed by atoms with Crippen LogP contribution in [0.3, 0.4) is 0 Å². The number of nitrogens with one attached hydrogen (secondary N) is 1. The van der Waals surface area contributed by atoms with Gasteiger partial charge in [0.15, 0.2) is 0 Å². The summed E-state index contributed by atoms with van der Waals surface area (Å²) < 4.78 is 0. The second kappa shape index (κ2) is 5.87. The maximum Gasteiger partial charge on any atom is 0.144 e. The van der Waals surface area contributed by atoms with Gasteiger partial charge in [0.25, 0.3) is 0 Å². The molecule has 1 aromatic carbocycles. The van der Waals surface area contributed by atoms with Crippen molar-refractivity contribution >= 4 is 11.5 Å². The molecule has 0 aliphatic heterocycles. The van der Waals surface area contributed by atoms with E-state index in [2.05, 4.69) is 45.5 Å². The second-order valence-corrected chi connectivity index (χ2v) is 4.43. The van der Waals surface area contributed by atoms with Crippen molar-refractivity contribution in [1.82, 2.24) is 4.98 Å². The van der Waals surface area contributed by atoms with Crippen molar-refractivity contribution in [2.24, 2.45) is 0 Å². The molecule has 0 aliphatic carbocycles. The van der Waals surface area contributed by atoms with Gasteiger partial charge in [0.1, 0.15) is 11.9 Å². The number of nitrogens with zero attached hydrogens (tertiary/aromatic N) is 3. The van der Waals surface area contributed by atoms with Crippen LogP contribution in [-0.4, -0.2) is 19.1 Å². The van der Waals surface area contributed by atoms with E-state index in [0.717, 1.165) is 5.56 Å². The smallest absolute Gasteiger partial charge is 0.144 e. The lowest BCUT2D eigenvalue weighted by Gasteiger charge is -2.13. The number of hydrogen-bond acceptors (Lipinski definition) is 4. The van der Waals surface area contributed by atoms with E-state index in [0.29, 0.717) is 17.9 Å². The summed E-state index contributed by atoms with van der Waals surface area (Å²) in [5.74, 6) is 0.627. The van der Waals surface area contributed by atoms with Crippen LogP contribution in [-0.2, 0) is 6.54 Å². The predicted octanol–water partition coefficient (Wildman–Crippen LogP) is 2.63. The molecule has 1 heterocycles. The van der Waals surface area contributed by atoms with E-state index in [-0.39, 0.29) is 0 Å². The van der Waals surface area contributed by atoms with Crippen molar-refractivity contribution in [2.45, 2.75) is 6.54 Å². The van der Waals surface area contributed by atoms with Crippen molar-refractivity contribution < 1.29 is 0 Å². The normalized spacial score (nSPS) is 9.74. The Bertz CT molecular complexity index is 582. The van der Waals surface area contributed by atoms with Crippen molar-refractivity contribution in [3.05, 3.63) is 53.7 Å². The van der Waals surface area contributed by atoms with Crippen molar-refractivity contribution in [3.63, 3.8) is 0 Å². The molecule has 96 valence electrons. The van der Waals surface area contributed by atoms with Gasteiger partial charge in [-0.05, 0) is 29.8 Å². The van der Waals surface area contributed by atoms with Gasteiger partial charge in [-0.2, -0.15) is 5.26 Å². The fraction of sp³-hybridized carbons (Fsp3) is 0.200. The molecule has 0 saturated heterocycles. The molecule has 0 atom stereocenters. The summed E-state index contributed by atoms with van der Waals surface area (Å²) in [6.07, 6.45) is 1.68. The van der Waals surface area contributed by atoms with Gasteiger partial charge in [-0.3, -0.25) is 0 Å². The summed E-state index contributed by atoms with van der Waals surface area (Å²) in [5.41, 5.74) is 2.88. The molecule has 1 aromatic heterocycles. The van der Waals surface area contributed by atoms with Gasteiger partial charge in [0.05, 0.1) is 5.56 Å². The molecular weight excluding hydrogens is 236 g/mol. The predicted molar refractivity (Wildman–Crippen MR) is 77.0 cm³/mol. The summed E-state index contributed by atoms with van der Waals surface area (Å²) in [7, 11) is 4.03. The molecule has 0 aliphatic rings. The molecule has 0 amide bonds. The van der Waals surface area contributed by atoms with Gasteiger partial charge in [0, 0.05) is 32.5 Å². The highest BCUT2D eigenvalue weighted by molar-refractivity contribution is 5.52. The topological polar surface area (TPSA) is 52.0 Å². The van der Waals surface area contributed by atoms with Crippen LogP contribution < -0.4 is 10.2 Å². The Balaban J connectivity index is 2.04. The quantitative estimate of drug-likeness (QED) is 0.908. The summed E-state index contributed by atoms with van der Waals surface area (Å²) in [5, 5.41) is 12.2. The third kappa shape index (κ3) is 3.23. The molecule has 4 nitrogen and oxygen atoms in total. The molecule has 4 heteroatoms. The van der Waals surface area contributed by atoms with Gasteiger partial charge in [-0.15, -0.1) is 0 Å². The van der Waals surface area contributed by atoms with Gasteiger partial charge in [-0.25, -0.2) is 4.98 Å². The van der Waals surface area contributed by atoms with Crippen LogP contribution in [0.25, 0.3) is 0 Å². The van der Waals surface area contributed by atoms with E-state index in [1.165, 1.54) is 5.69 Å². The lowest BCUT2D eigenvalue weighted by molar-refractivity contribution is 1.09. The summed E-state index contributed by atoms with van der Waals surface area (Å²) in [6, 6.07) is 13.9. The lowest BCUT2D eigenvalue weighted by Crippen LogP contribution is -2.08. The van der Waals surface area contributed by atoms with Crippen LogP contribution in [0.2, 0.25) is 0 Å². The largest absolute Gasteiger partial charge is 0.378 e. The summed E-state index contributed by atoms with van der Waals surface area (Å²) >= 11 is 0. The lowest BCUT2D eigenvalue weighted by atomic mass is 10.2. The maximum absolute atomic E-state index is 8.98. The molecule has 0 spiro atoms. The van der Waals surface area contributed by atoms with Crippen molar-refractivity contribution in [3.8, 4) is 6.07 Å². The first-order chi connectivity index (χ1) is 9.20. The molecule has 0 radical (unpaired) electrons. The molecule has 0 fully saturated rings. The van der Waals surface area contributed by atoms with Gasteiger partial charge in [-0.1, -0.05) is 12.1 Å². The van der Waals surface area contributed by atoms with E-state index in [4.69, 9.17) is 5.26 Å². The number of benzene rings is 1. The van der Waals surface area contributed by atoms with Crippen LogP contribution in [0, 0.1) is 11.3 Å². The van der Waals surface area contributed by atoms with Crippen LogP contribution >= 0.6 is 0 Å². The second-order valence-electron chi connectivity index (χ2n) is 4.43. The van der Waals surface area contributed by atoms with E-state index in [1.54, 1.807) is 18.3 Å². The summed E-state index contributed by atoms with van der Waals surface area (Å²) in [4.78, 5) is 6.23. The van der Waals surface area contributed by atoms with Crippen LogP contribution in [0.5, 0.6) is 0 Å². The Morgan fingerprint density at radius 1 is 1.21 bits per heavy atom. The molecule has 0 bridgehead atoms. The highest BCUT2D eigenvalue weighted by Crippen LogP contribution is 2.14. The number of anilines is 2. The Morgan fingerprint density at radius 3 is 2.58 bits per heavy atom. The first-order valence-corrected chi connectivity index (χ1v) is 6.06. The monoisotopic (exact) mass is 252 g/mol. The minimum atomic E-state index is 0.562. The third-order valence-electron chi connectivity index (χ3n) is 2.84. The molecule has 1 N–H and O–H groups in total. The Morgan fingerprint density at radius 2 is 1.95 bits per heavy atom.